The van der Waals surface area contributed by atoms with Crippen molar-refractivity contribution in [3.05, 3.63) is 28.8 Å². The normalized spacial score (nSPS) is 16.7. The number of nitrogens with one attached hydrogen (secondary N) is 1. The standard InChI is InChI=1S/C14H21ClN4O3S/c1-11-12(15)5-4-6-13(11)16-14(20)18-7-9-19(10-8-18)23(21,22)17(2)3/h4-6H,7-10H2,1-3H3,(H,16,20). The number of nitrogens with zero attached hydrogens (tertiary/aromatic N) is 3. The number of hydrogen-bond donors (Lipinski definition) is 1. The molecular weight excluding hydrogens is 340 g/mol. The molecular formula is C14H21ClN4O3S. The number of rotatable bonds is 3. The van der Waals surface area contributed by atoms with Crippen LogP contribution in [0.15, 0.2) is 18.2 Å². The van der Waals surface area contributed by atoms with Gasteiger partial charge in [0.05, 0.1) is 0 Å². The highest BCUT2D eigenvalue weighted by molar-refractivity contribution is 7.86. The first-order chi connectivity index (χ1) is 10.7. The lowest BCUT2D eigenvalue weighted by Gasteiger charge is -2.35. The molecule has 0 bridgehead atoms. The summed E-state index contributed by atoms with van der Waals surface area (Å²) in [5, 5.41) is 3.41. The number of amides is 2. The fourth-order valence-electron chi connectivity index (χ4n) is 2.29. The fraction of sp³-hybridized carbons (Fsp3) is 0.500. The summed E-state index contributed by atoms with van der Waals surface area (Å²) in [6.07, 6.45) is 0. The summed E-state index contributed by atoms with van der Waals surface area (Å²) in [5.41, 5.74) is 1.46. The number of halogens is 1. The van der Waals surface area contributed by atoms with E-state index in [0.29, 0.717) is 23.8 Å². The van der Waals surface area contributed by atoms with Crippen LogP contribution in [0.25, 0.3) is 0 Å². The van der Waals surface area contributed by atoms with Crippen molar-refractivity contribution in [1.82, 2.24) is 13.5 Å². The molecule has 0 atom stereocenters. The van der Waals surface area contributed by atoms with E-state index < -0.39 is 10.2 Å². The number of urea groups is 1. The van der Waals surface area contributed by atoms with Crippen molar-refractivity contribution in [2.24, 2.45) is 0 Å². The second-order valence-corrected chi connectivity index (χ2v) is 8.07. The van der Waals surface area contributed by atoms with Gasteiger partial charge in [-0.3, -0.25) is 0 Å². The van der Waals surface area contributed by atoms with Crippen LogP contribution >= 0.6 is 11.6 Å². The molecule has 1 heterocycles. The minimum Gasteiger partial charge on any atom is -0.322 e. The van der Waals surface area contributed by atoms with Crippen molar-refractivity contribution in [3.63, 3.8) is 0 Å². The van der Waals surface area contributed by atoms with E-state index in [1.54, 1.807) is 23.1 Å². The van der Waals surface area contributed by atoms with Crippen LogP contribution in [0.2, 0.25) is 5.02 Å². The van der Waals surface area contributed by atoms with Gasteiger partial charge >= 0.3 is 6.03 Å². The van der Waals surface area contributed by atoms with Gasteiger partial charge in [-0.2, -0.15) is 17.0 Å². The maximum atomic E-state index is 12.3. The molecule has 0 spiro atoms. The molecule has 0 saturated carbocycles. The number of carbonyl (C=O) groups is 1. The molecule has 2 amide bonds. The summed E-state index contributed by atoms with van der Waals surface area (Å²) in [6, 6.07) is 5.06. The van der Waals surface area contributed by atoms with Crippen LogP contribution in [0.4, 0.5) is 10.5 Å². The van der Waals surface area contributed by atoms with Crippen molar-refractivity contribution in [1.29, 1.82) is 0 Å². The Morgan fingerprint density at radius 1 is 1.22 bits per heavy atom. The van der Waals surface area contributed by atoms with Gasteiger partial charge in [0.2, 0.25) is 0 Å². The number of carbonyl (C=O) groups excluding carboxylic acids is 1. The van der Waals surface area contributed by atoms with Crippen LogP contribution in [0, 0.1) is 6.92 Å². The smallest absolute Gasteiger partial charge is 0.321 e. The van der Waals surface area contributed by atoms with E-state index in [0.717, 1.165) is 5.56 Å². The number of hydrogen-bond acceptors (Lipinski definition) is 3. The third kappa shape index (κ3) is 3.95. The second kappa shape index (κ2) is 7.04. The molecule has 1 aliphatic rings. The van der Waals surface area contributed by atoms with Gasteiger partial charge in [-0.15, -0.1) is 0 Å². The van der Waals surface area contributed by atoms with Crippen molar-refractivity contribution >= 4 is 33.5 Å². The monoisotopic (exact) mass is 360 g/mol. The van der Waals surface area contributed by atoms with Gasteiger partial charge in [-0.1, -0.05) is 17.7 Å². The topological polar surface area (TPSA) is 73.0 Å². The Kier molecular flexibility index (Phi) is 5.51. The van der Waals surface area contributed by atoms with Gasteiger partial charge in [-0.25, -0.2) is 4.79 Å². The molecule has 9 heteroatoms. The van der Waals surface area contributed by atoms with Gasteiger partial charge in [-0.05, 0) is 24.6 Å². The van der Waals surface area contributed by atoms with Crippen molar-refractivity contribution in [3.8, 4) is 0 Å². The van der Waals surface area contributed by atoms with Crippen LogP contribution in [-0.4, -0.2) is 68.2 Å². The van der Waals surface area contributed by atoms with Crippen LogP contribution in [0.5, 0.6) is 0 Å². The molecule has 0 unspecified atom stereocenters. The van der Waals surface area contributed by atoms with E-state index in [1.807, 2.05) is 6.92 Å². The average molecular weight is 361 g/mol. The summed E-state index contributed by atoms with van der Waals surface area (Å²) in [7, 11) is -0.437. The molecule has 1 fully saturated rings. The Morgan fingerprint density at radius 2 is 1.83 bits per heavy atom. The summed E-state index contributed by atoms with van der Waals surface area (Å²) in [5.74, 6) is 0. The van der Waals surface area contributed by atoms with Gasteiger partial charge in [0.1, 0.15) is 0 Å². The minimum atomic E-state index is -3.43. The molecule has 1 aliphatic heterocycles. The van der Waals surface area contributed by atoms with Gasteiger partial charge in [0.25, 0.3) is 10.2 Å². The highest BCUT2D eigenvalue weighted by atomic mass is 35.5. The predicted octanol–water partition coefficient (Wildman–Crippen LogP) is 1.60. The van der Waals surface area contributed by atoms with E-state index in [1.165, 1.54) is 22.7 Å². The molecule has 1 aromatic carbocycles. The lowest BCUT2D eigenvalue weighted by Crippen LogP contribution is -2.53. The quantitative estimate of drug-likeness (QED) is 0.889. The second-order valence-electron chi connectivity index (χ2n) is 5.52. The van der Waals surface area contributed by atoms with E-state index in [4.69, 9.17) is 11.6 Å². The fourth-order valence-corrected chi connectivity index (χ4v) is 3.55. The zero-order valence-electron chi connectivity index (χ0n) is 13.4. The third-order valence-corrected chi connectivity index (χ3v) is 6.17. The zero-order valence-corrected chi connectivity index (χ0v) is 15.0. The first-order valence-electron chi connectivity index (χ1n) is 7.22. The van der Waals surface area contributed by atoms with Crippen LogP contribution in [-0.2, 0) is 10.2 Å². The Morgan fingerprint density at radius 3 is 2.39 bits per heavy atom. The molecule has 0 radical (unpaired) electrons. The number of anilines is 1. The summed E-state index contributed by atoms with van der Waals surface area (Å²) in [6.45, 7) is 3.08. The zero-order chi connectivity index (χ0) is 17.2. The molecule has 1 saturated heterocycles. The molecule has 23 heavy (non-hydrogen) atoms. The maximum absolute atomic E-state index is 12.3. The molecule has 128 valence electrons. The molecule has 1 N–H and O–H groups in total. The van der Waals surface area contributed by atoms with Gasteiger partial charge in [0.15, 0.2) is 0 Å². The lowest BCUT2D eigenvalue weighted by atomic mass is 10.2. The van der Waals surface area contributed by atoms with Crippen LogP contribution in [0.3, 0.4) is 0 Å². The van der Waals surface area contributed by atoms with E-state index >= 15 is 0 Å². The molecule has 0 aliphatic carbocycles. The van der Waals surface area contributed by atoms with E-state index in [2.05, 4.69) is 5.32 Å². The van der Waals surface area contributed by atoms with Crippen LogP contribution in [0.1, 0.15) is 5.56 Å². The molecule has 1 aromatic rings. The van der Waals surface area contributed by atoms with Crippen molar-refractivity contribution in [2.75, 3.05) is 45.6 Å². The number of benzene rings is 1. The van der Waals surface area contributed by atoms with Crippen molar-refractivity contribution < 1.29 is 13.2 Å². The molecule has 0 aromatic heterocycles. The highest BCUT2D eigenvalue weighted by Crippen LogP contribution is 2.23. The average Bonchev–Trinajstić information content (AvgIpc) is 2.51. The lowest BCUT2D eigenvalue weighted by molar-refractivity contribution is 0.182. The summed E-state index contributed by atoms with van der Waals surface area (Å²) in [4.78, 5) is 13.9. The maximum Gasteiger partial charge on any atom is 0.321 e. The minimum absolute atomic E-state index is 0.253. The Hall–Kier alpha value is -1.35. The van der Waals surface area contributed by atoms with Gasteiger partial charge < -0.3 is 10.2 Å². The van der Waals surface area contributed by atoms with Gasteiger partial charge in [0, 0.05) is 51.0 Å². The SMILES string of the molecule is Cc1c(Cl)cccc1NC(=O)N1CCN(S(=O)(=O)N(C)C)CC1. The van der Waals surface area contributed by atoms with E-state index in [9.17, 15) is 13.2 Å². The first kappa shape index (κ1) is 18.0. The summed E-state index contributed by atoms with van der Waals surface area (Å²) < 4.78 is 26.7. The first-order valence-corrected chi connectivity index (χ1v) is 8.99. The third-order valence-electron chi connectivity index (χ3n) is 3.82. The Bertz CT molecular complexity index is 685. The molecule has 7 nitrogen and oxygen atoms in total. The highest BCUT2D eigenvalue weighted by Gasteiger charge is 2.30. The summed E-state index contributed by atoms with van der Waals surface area (Å²) >= 11 is 6.04. The largest absolute Gasteiger partial charge is 0.322 e. The predicted molar refractivity (Wildman–Crippen MR) is 91.0 cm³/mol. The van der Waals surface area contributed by atoms with E-state index in [-0.39, 0.29) is 19.1 Å². The van der Waals surface area contributed by atoms with Crippen LogP contribution < -0.4 is 5.32 Å². The Labute approximate surface area is 142 Å². The number of piperazine rings is 1. The Balaban J connectivity index is 1.98. The van der Waals surface area contributed by atoms with Crippen molar-refractivity contribution in [2.45, 2.75) is 6.92 Å². The molecule has 2 rings (SSSR count).